The van der Waals surface area contributed by atoms with Crippen LogP contribution in [0.3, 0.4) is 0 Å². The Hall–Kier alpha value is -0.820. The molecule has 0 aliphatic heterocycles. The van der Waals surface area contributed by atoms with Crippen LogP contribution >= 0.6 is 0 Å². The predicted octanol–water partition coefficient (Wildman–Crippen LogP) is 3.91. The molecule has 1 aromatic rings. The van der Waals surface area contributed by atoms with Gasteiger partial charge in [0.2, 0.25) is 0 Å². The van der Waals surface area contributed by atoms with Crippen molar-refractivity contribution in [1.29, 1.82) is 0 Å². The Morgan fingerprint density at radius 2 is 1.82 bits per heavy atom. The van der Waals surface area contributed by atoms with Gasteiger partial charge in [-0.3, -0.25) is 0 Å². The van der Waals surface area contributed by atoms with Crippen LogP contribution in [0.5, 0.6) is 0 Å². The van der Waals surface area contributed by atoms with Crippen LogP contribution in [0.15, 0.2) is 24.3 Å². The fourth-order valence-corrected chi connectivity index (χ4v) is 3.12. The van der Waals surface area contributed by atoms with Crippen LogP contribution < -0.4 is 5.32 Å². The van der Waals surface area contributed by atoms with Crippen LogP contribution in [-0.4, -0.2) is 6.04 Å². The molecule has 2 rings (SSSR count). The van der Waals surface area contributed by atoms with E-state index in [-0.39, 0.29) is 0 Å². The summed E-state index contributed by atoms with van der Waals surface area (Å²) in [6, 6.07) is 9.53. The standard InChI is InChI=1S/C16H25N/c1-12-5-7-14(8-6-12)11-17-15-10-16(3,4)9-13(15)2/h5-8,13,15,17H,9-11H2,1-4H3. The van der Waals surface area contributed by atoms with E-state index in [1.165, 1.54) is 24.0 Å². The fraction of sp³-hybridized carbons (Fsp3) is 0.625. The van der Waals surface area contributed by atoms with Crippen molar-refractivity contribution in [3.8, 4) is 0 Å². The zero-order valence-corrected chi connectivity index (χ0v) is 11.6. The molecule has 0 amide bonds. The molecule has 17 heavy (non-hydrogen) atoms. The third-order valence-corrected chi connectivity index (χ3v) is 4.02. The molecule has 2 atom stereocenters. The number of aryl methyl sites for hydroxylation is 1. The van der Waals surface area contributed by atoms with Gasteiger partial charge in [0.1, 0.15) is 0 Å². The molecule has 0 radical (unpaired) electrons. The van der Waals surface area contributed by atoms with Gasteiger partial charge < -0.3 is 5.32 Å². The average Bonchev–Trinajstić information content (AvgIpc) is 2.51. The quantitative estimate of drug-likeness (QED) is 0.831. The molecular weight excluding hydrogens is 206 g/mol. The van der Waals surface area contributed by atoms with Crippen molar-refractivity contribution in [3.05, 3.63) is 35.4 Å². The summed E-state index contributed by atoms with van der Waals surface area (Å²) in [4.78, 5) is 0. The first-order valence-electron chi connectivity index (χ1n) is 6.75. The van der Waals surface area contributed by atoms with Gasteiger partial charge in [0, 0.05) is 12.6 Å². The van der Waals surface area contributed by atoms with Crippen molar-refractivity contribution in [3.63, 3.8) is 0 Å². The Morgan fingerprint density at radius 1 is 1.18 bits per heavy atom. The minimum atomic E-state index is 0.518. The maximum absolute atomic E-state index is 3.72. The molecule has 0 saturated heterocycles. The third kappa shape index (κ3) is 3.32. The van der Waals surface area contributed by atoms with E-state index in [1.807, 2.05) is 0 Å². The molecular formula is C16H25N. The monoisotopic (exact) mass is 231 g/mol. The lowest BCUT2D eigenvalue weighted by atomic mass is 9.91. The summed E-state index contributed by atoms with van der Waals surface area (Å²) in [6.07, 6.45) is 2.65. The molecule has 1 heteroatoms. The second-order valence-electron chi connectivity index (χ2n) is 6.52. The summed E-state index contributed by atoms with van der Waals surface area (Å²) in [6.45, 7) is 10.3. The molecule has 1 saturated carbocycles. The second kappa shape index (κ2) is 4.81. The lowest BCUT2D eigenvalue weighted by molar-refractivity contribution is 0.362. The zero-order chi connectivity index (χ0) is 12.5. The molecule has 0 spiro atoms. The van der Waals surface area contributed by atoms with E-state index in [2.05, 4.69) is 57.3 Å². The van der Waals surface area contributed by atoms with Crippen LogP contribution in [0.1, 0.15) is 44.7 Å². The van der Waals surface area contributed by atoms with Crippen LogP contribution in [0.25, 0.3) is 0 Å². The molecule has 1 fully saturated rings. The molecule has 0 bridgehead atoms. The highest BCUT2D eigenvalue weighted by Gasteiger charge is 2.36. The van der Waals surface area contributed by atoms with E-state index >= 15 is 0 Å². The SMILES string of the molecule is Cc1ccc(CNC2CC(C)(C)CC2C)cc1. The van der Waals surface area contributed by atoms with Crippen LogP contribution in [0.2, 0.25) is 0 Å². The van der Waals surface area contributed by atoms with Gasteiger partial charge in [-0.25, -0.2) is 0 Å². The van der Waals surface area contributed by atoms with Crippen molar-refractivity contribution < 1.29 is 0 Å². The topological polar surface area (TPSA) is 12.0 Å². The highest BCUT2D eigenvalue weighted by molar-refractivity contribution is 5.21. The summed E-state index contributed by atoms with van der Waals surface area (Å²) in [5.74, 6) is 0.801. The van der Waals surface area contributed by atoms with Gasteiger partial charge in [-0.1, -0.05) is 50.6 Å². The molecule has 0 heterocycles. The highest BCUT2D eigenvalue weighted by Crippen LogP contribution is 2.40. The number of rotatable bonds is 3. The molecule has 1 aromatic carbocycles. The summed E-state index contributed by atoms with van der Waals surface area (Å²) >= 11 is 0. The van der Waals surface area contributed by atoms with Gasteiger partial charge in [0.15, 0.2) is 0 Å². The lowest BCUT2D eigenvalue weighted by Crippen LogP contribution is -2.31. The number of benzene rings is 1. The molecule has 1 N–H and O–H groups in total. The van der Waals surface area contributed by atoms with E-state index in [0.29, 0.717) is 11.5 Å². The van der Waals surface area contributed by atoms with E-state index in [1.54, 1.807) is 0 Å². The maximum atomic E-state index is 3.72. The Kier molecular flexibility index (Phi) is 3.58. The molecule has 94 valence electrons. The number of hydrogen-bond acceptors (Lipinski definition) is 1. The molecule has 1 nitrogen and oxygen atoms in total. The minimum absolute atomic E-state index is 0.518. The van der Waals surface area contributed by atoms with Crippen molar-refractivity contribution in [2.75, 3.05) is 0 Å². The van der Waals surface area contributed by atoms with E-state index in [4.69, 9.17) is 0 Å². The summed E-state index contributed by atoms with van der Waals surface area (Å²) in [5.41, 5.74) is 3.25. The minimum Gasteiger partial charge on any atom is -0.310 e. The van der Waals surface area contributed by atoms with Crippen LogP contribution in [-0.2, 0) is 6.54 Å². The average molecular weight is 231 g/mol. The first-order chi connectivity index (χ1) is 7.96. The van der Waals surface area contributed by atoms with Gasteiger partial charge in [-0.05, 0) is 36.7 Å². The van der Waals surface area contributed by atoms with Crippen molar-refractivity contribution in [2.45, 2.75) is 53.1 Å². The van der Waals surface area contributed by atoms with E-state index < -0.39 is 0 Å². The van der Waals surface area contributed by atoms with Gasteiger partial charge in [0.25, 0.3) is 0 Å². The van der Waals surface area contributed by atoms with Gasteiger partial charge >= 0.3 is 0 Å². The normalized spacial score (nSPS) is 27.3. The smallest absolute Gasteiger partial charge is 0.0208 e. The largest absolute Gasteiger partial charge is 0.310 e. The van der Waals surface area contributed by atoms with Gasteiger partial charge in [-0.15, -0.1) is 0 Å². The van der Waals surface area contributed by atoms with E-state index in [0.717, 1.165) is 12.5 Å². The zero-order valence-electron chi connectivity index (χ0n) is 11.6. The first kappa shape index (κ1) is 12.6. The Bertz CT molecular complexity index is 364. The molecule has 1 aliphatic carbocycles. The Morgan fingerprint density at radius 3 is 2.35 bits per heavy atom. The van der Waals surface area contributed by atoms with Crippen molar-refractivity contribution in [1.82, 2.24) is 5.32 Å². The second-order valence-corrected chi connectivity index (χ2v) is 6.52. The van der Waals surface area contributed by atoms with Gasteiger partial charge in [-0.2, -0.15) is 0 Å². The summed E-state index contributed by atoms with van der Waals surface area (Å²) < 4.78 is 0. The third-order valence-electron chi connectivity index (χ3n) is 4.02. The highest BCUT2D eigenvalue weighted by atomic mass is 14.9. The maximum Gasteiger partial charge on any atom is 0.0208 e. The fourth-order valence-electron chi connectivity index (χ4n) is 3.12. The lowest BCUT2D eigenvalue weighted by Gasteiger charge is -2.18. The summed E-state index contributed by atoms with van der Waals surface area (Å²) in [5, 5.41) is 3.72. The molecule has 2 unspecified atom stereocenters. The number of nitrogens with one attached hydrogen (secondary N) is 1. The summed E-state index contributed by atoms with van der Waals surface area (Å²) in [7, 11) is 0. The van der Waals surface area contributed by atoms with Crippen molar-refractivity contribution in [2.24, 2.45) is 11.3 Å². The first-order valence-corrected chi connectivity index (χ1v) is 6.75. The van der Waals surface area contributed by atoms with Crippen LogP contribution in [0, 0.1) is 18.3 Å². The van der Waals surface area contributed by atoms with Crippen molar-refractivity contribution >= 4 is 0 Å². The molecule has 1 aliphatic rings. The number of hydrogen-bond donors (Lipinski definition) is 1. The van der Waals surface area contributed by atoms with Crippen LogP contribution in [0.4, 0.5) is 0 Å². The Balaban J connectivity index is 1.88. The van der Waals surface area contributed by atoms with E-state index in [9.17, 15) is 0 Å². The molecule has 0 aromatic heterocycles. The van der Waals surface area contributed by atoms with Gasteiger partial charge in [0.05, 0.1) is 0 Å². The predicted molar refractivity (Wildman–Crippen MR) is 74.0 cm³/mol. The Labute approximate surface area is 106 Å².